The molecule has 1 aromatic heterocycles. The minimum absolute atomic E-state index is 0.193. The van der Waals surface area contributed by atoms with E-state index in [0.717, 1.165) is 29.1 Å². The van der Waals surface area contributed by atoms with E-state index in [1.54, 1.807) is 18.5 Å². The van der Waals surface area contributed by atoms with Gasteiger partial charge < -0.3 is 9.84 Å². The van der Waals surface area contributed by atoms with E-state index in [1.807, 2.05) is 18.2 Å². The van der Waals surface area contributed by atoms with Crippen molar-refractivity contribution in [3.8, 4) is 22.6 Å². The lowest BCUT2D eigenvalue weighted by Crippen LogP contribution is -2.26. The number of aromatic nitrogens is 2. The lowest BCUT2D eigenvalue weighted by molar-refractivity contribution is 0.213. The van der Waals surface area contributed by atoms with Gasteiger partial charge in [-0.1, -0.05) is 24.3 Å². The lowest BCUT2D eigenvalue weighted by Gasteiger charge is -2.18. The van der Waals surface area contributed by atoms with Crippen LogP contribution >= 0.6 is 0 Å². The number of nitrogens with zero attached hydrogens (tertiary/aromatic N) is 3. The third-order valence-electron chi connectivity index (χ3n) is 4.63. The average Bonchev–Trinajstić information content (AvgIpc) is 2.85. The molecule has 26 heavy (non-hydrogen) atoms. The van der Waals surface area contributed by atoms with Gasteiger partial charge in [-0.3, -0.25) is 4.90 Å². The molecule has 0 aliphatic carbocycles. The molecule has 2 heterocycles. The van der Waals surface area contributed by atoms with Gasteiger partial charge in [0.15, 0.2) is 11.5 Å². The molecule has 0 saturated carbocycles. The van der Waals surface area contributed by atoms with E-state index >= 15 is 0 Å². The Morgan fingerprint density at radius 2 is 1.92 bits per heavy atom. The minimum Gasteiger partial charge on any atom is -0.504 e. The third kappa shape index (κ3) is 3.39. The second-order valence-corrected chi connectivity index (χ2v) is 6.52. The molecule has 0 fully saturated rings. The van der Waals surface area contributed by atoms with Crippen LogP contribution in [-0.4, -0.2) is 33.1 Å². The van der Waals surface area contributed by atoms with Crippen molar-refractivity contribution in [2.75, 3.05) is 13.2 Å². The van der Waals surface area contributed by atoms with Crippen LogP contribution in [0.25, 0.3) is 11.1 Å². The highest BCUT2D eigenvalue weighted by molar-refractivity contribution is 5.71. The van der Waals surface area contributed by atoms with E-state index in [-0.39, 0.29) is 5.75 Å². The van der Waals surface area contributed by atoms with Crippen LogP contribution in [0, 0.1) is 6.92 Å². The van der Waals surface area contributed by atoms with E-state index < -0.39 is 0 Å². The summed E-state index contributed by atoms with van der Waals surface area (Å²) in [6, 6.07) is 13.9. The Morgan fingerprint density at radius 1 is 1.12 bits per heavy atom. The van der Waals surface area contributed by atoms with E-state index in [2.05, 4.69) is 40.0 Å². The maximum atomic E-state index is 10.5. The molecule has 0 radical (unpaired) electrons. The van der Waals surface area contributed by atoms with Crippen LogP contribution in [0.1, 0.15) is 17.0 Å². The summed E-state index contributed by atoms with van der Waals surface area (Å²) in [4.78, 5) is 10.9. The normalized spacial score (nSPS) is 14.3. The first-order valence-electron chi connectivity index (χ1n) is 8.73. The lowest BCUT2D eigenvalue weighted by atomic mass is 9.98. The van der Waals surface area contributed by atoms with Crippen LogP contribution in [0.2, 0.25) is 0 Å². The molecule has 0 amide bonds. The fourth-order valence-electron chi connectivity index (χ4n) is 3.35. The van der Waals surface area contributed by atoms with Crippen LogP contribution in [0.4, 0.5) is 0 Å². The molecule has 0 spiro atoms. The Hall–Kier alpha value is -2.92. The predicted octanol–water partition coefficient (Wildman–Crippen LogP) is 3.55. The van der Waals surface area contributed by atoms with Crippen molar-refractivity contribution in [3.05, 3.63) is 71.8 Å². The Morgan fingerprint density at radius 3 is 2.73 bits per heavy atom. The Kier molecular flexibility index (Phi) is 4.54. The standard InChI is InChI=1S/C21H21N3O2/c1-15-5-2-3-6-18(15)16-11-17-13-24(14-20-22-7-4-8-23-20)9-10-26-21(17)19(25)12-16/h2-8,11-12,25H,9-10,13-14H2,1H3. The van der Waals surface area contributed by atoms with E-state index in [4.69, 9.17) is 4.74 Å². The molecule has 132 valence electrons. The zero-order chi connectivity index (χ0) is 17.9. The van der Waals surface area contributed by atoms with Crippen LogP contribution < -0.4 is 4.74 Å². The molecule has 0 atom stereocenters. The summed E-state index contributed by atoms with van der Waals surface area (Å²) in [7, 11) is 0. The second-order valence-electron chi connectivity index (χ2n) is 6.52. The number of rotatable bonds is 3. The maximum Gasteiger partial charge on any atom is 0.165 e. The van der Waals surface area contributed by atoms with Gasteiger partial charge in [0.25, 0.3) is 0 Å². The summed E-state index contributed by atoms with van der Waals surface area (Å²) in [5, 5.41) is 10.5. The molecule has 3 aromatic rings. The smallest absolute Gasteiger partial charge is 0.165 e. The van der Waals surface area contributed by atoms with Gasteiger partial charge in [-0.05, 0) is 41.8 Å². The van der Waals surface area contributed by atoms with E-state index in [1.165, 1.54) is 5.56 Å². The number of phenolic OH excluding ortho intramolecular Hbond substituents is 1. The van der Waals surface area contributed by atoms with Crippen molar-refractivity contribution >= 4 is 0 Å². The molecule has 0 unspecified atom stereocenters. The summed E-state index contributed by atoms with van der Waals surface area (Å²) < 4.78 is 5.84. The number of hydrogen-bond acceptors (Lipinski definition) is 5. The maximum absolute atomic E-state index is 10.5. The van der Waals surface area contributed by atoms with Gasteiger partial charge in [-0.2, -0.15) is 0 Å². The molecule has 1 N–H and O–H groups in total. The molecule has 5 heteroatoms. The number of hydrogen-bond donors (Lipinski definition) is 1. The number of aryl methyl sites for hydroxylation is 1. The first-order chi connectivity index (χ1) is 12.7. The first kappa shape index (κ1) is 16.5. The number of aromatic hydroxyl groups is 1. The van der Waals surface area contributed by atoms with Crippen molar-refractivity contribution in [1.82, 2.24) is 14.9 Å². The van der Waals surface area contributed by atoms with Gasteiger partial charge in [0.2, 0.25) is 0 Å². The van der Waals surface area contributed by atoms with E-state index in [9.17, 15) is 5.11 Å². The Labute approximate surface area is 152 Å². The van der Waals surface area contributed by atoms with Crippen LogP contribution in [-0.2, 0) is 13.1 Å². The monoisotopic (exact) mass is 347 g/mol. The highest BCUT2D eigenvalue weighted by Gasteiger charge is 2.20. The Bertz CT molecular complexity index is 912. The Balaban J connectivity index is 1.67. The average molecular weight is 347 g/mol. The summed E-state index contributed by atoms with van der Waals surface area (Å²) in [6.07, 6.45) is 3.51. The molecule has 0 bridgehead atoms. The summed E-state index contributed by atoms with van der Waals surface area (Å²) in [5.74, 6) is 1.56. The third-order valence-corrected chi connectivity index (χ3v) is 4.63. The van der Waals surface area contributed by atoms with Gasteiger partial charge in [0.05, 0.1) is 6.54 Å². The van der Waals surface area contributed by atoms with Gasteiger partial charge in [-0.25, -0.2) is 9.97 Å². The van der Waals surface area contributed by atoms with Gasteiger partial charge in [0, 0.05) is 31.0 Å². The molecular formula is C21H21N3O2. The fourth-order valence-corrected chi connectivity index (χ4v) is 3.35. The van der Waals surface area contributed by atoms with Crippen molar-refractivity contribution in [3.63, 3.8) is 0 Å². The van der Waals surface area contributed by atoms with E-state index in [0.29, 0.717) is 25.4 Å². The minimum atomic E-state index is 0.193. The molecule has 0 saturated heterocycles. The second kappa shape index (κ2) is 7.14. The molecular weight excluding hydrogens is 326 g/mol. The zero-order valence-corrected chi connectivity index (χ0v) is 14.7. The highest BCUT2D eigenvalue weighted by atomic mass is 16.5. The molecule has 1 aliphatic heterocycles. The fraction of sp³-hybridized carbons (Fsp3) is 0.238. The summed E-state index contributed by atoms with van der Waals surface area (Å²) >= 11 is 0. The summed E-state index contributed by atoms with van der Waals surface area (Å²) in [5.41, 5.74) is 4.28. The van der Waals surface area contributed by atoms with Crippen molar-refractivity contribution in [2.45, 2.75) is 20.0 Å². The van der Waals surface area contributed by atoms with Gasteiger partial charge in [0.1, 0.15) is 12.4 Å². The van der Waals surface area contributed by atoms with Crippen LogP contribution in [0.15, 0.2) is 54.9 Å². The SMILES string of the molecule is Cc1ccccc1-c1cc(O)c2c(c1)CN(Cc1ncccn1)CCO2. The van der Waals surface area contributed by atoms with Gasteiger partial charge in [-0.15, -0.1) is 0 Å². The largest absolute Gasteiger partial charge is 0.504 e. The predicted molar refractivity (Wildman–Crippen MR) is 99.9 cm³/mol. The van der Waals surface area contributed by atoms with Crippen LogP contribution in [0.3, 0.4) is 0 Å². The quantitative estimate of drug-likeness (QED) is 0.785. The molecule has 4 rings (SSSR count). The topological polar surface area (TPSA) is 58.5 Å². The van der Waals surface area contributed by atoms with Crippen molar-refractivity contribution in [1.29, 1.82) is 0 Å². The van der Waals surface area contributed by atoms with Crippen molar-refractivity contribution in [2.24, 2.45) is 0 Å². The molecule has 1 aliphatic rings. The number of ether oxygens (including phenoxy) is 1. The van der Waals surface area contributed by atoms with Crippen molar-refractivity contribution < 1.29 is 9.84 Å². The zero-order valence-electron chi connectivity index (χ0n) is 14.7. The number of benzene rings is 2. The summed E-state index contributed by atoms with van der Waals surface area (Å²) in [6.45, 7) is 4.69. The molecule has 2 aromatic carbocycles. The number of fused-ring (bicyclic) bond motifs is 1. The van der Waals surface area contributed by atoms with Crippen LogP contribution in [0.5, 0.6) is 11.5 Å². The number of phenols is 1. The first-order valence-corrected chi connectivity index (χ1v) is 8.73. The molecule has 5 nitrogen and oxygen atoms in total. The van der Waals surface area contributed by atoms with Gasteiger partial charge >= 0.3 is 0 Å². The highest BCUT2D eigenvalue weighted by Crippen LogP contribution is 2.38.